The molecule has 1 fully saturated rings. The molecule has 2 N–H and O–H groups in total. The molecule has 1 saturated heterocycles. The summed E-state index contributed by atoms with van der Waals surface area (Å²) in [6, 6.07) is 5.99. The van der Waals surface area contributed by atoms with Gasteiger partial charge in [-0.2, -0.15) is 5.26 Å². The van der Waals surface area contributed by atoms with Crippen molar-refractivity contribution in [1.29, 1.82) is 5.26 Å². The first-order valence-electron chi connectivity index (χ1n) is 5.75. The van der Waals surface area contributed by atoms with Gasteiger partial charge >= 0.3 is 5.97 Å². The number of nitrogens with one attached hydrogen (secondary N) is 1. The predicted molar refractivity (Wildman–Crippen MR) is 65.3 cm³/mol. The third-order valence-corrected chi connectivity index (χ3v) is 2.84. The third kappa shape index (κ3) is 2.80. The van der Waals surface area contributed by atoms with E-state index < -0.39 is 12.0 Å². The van der Waals surface area contributed by atoms with E-state index in [9.17, 15) is 9.59 Å². The summed E-state index contributed by atoms with van der Waals surface area (Å²) in [6.45, 7) is 0.888. The smallest absolute Gasteiger partial charge is 0.305 e. The van der Waals surface area contributed by atoms with Crippen molar-refractivity contribution in [3.8, 4) is 6.07 Å². The van der Waals surface area contributed by atoms with Crippen LogP contribution in [-0.4, -0.2) is 41.1 Å². The summed E-state index contributed by atoms with van der Waals surface area (Å²) in [7, 11) is 0. The first kappa shape index (κ1) is 12.8. The Balaban J connectivity index is 2.31. The number of pyridine rings is 1. The van der Waals surface area contributed by atoms with Crippen LogP contribution in [0.3, 0.4) is 0 Å². The van der Waals surface area contributed by atoms with Crippen molar-refractivity contribution in [2.75, 3.05) is 18.0 Å². The van der Waals surface area contributed by atoms with E-state index >= 15 is 0 Å². The maximum absolute atomic E-state index is 11.8. The molecule has 0 aliphatic carbocycles. The zero-order valence-electron chi connectivity index (χ0n) is 10.0. The number of carbonyl (C=O) groups is 2. The minimum absolute atomic E-state index is 0.234. The minimum Gasteiger partial charge on any atom is -0.481 e. The van der Waals surface area contributed by atoms with Gasteiger partial charge in [0, 0.05) is 13.1 Å². The Bertz CT molecular complexity index is 552. The maximum atomic E-state index is 11.8. The first-order chi connectivity index (χ1) is 9.11. The number of aromatic nitrogens is 1. The number of nitrogens with zero attached hydrogens (tertiary/aromatic N) is 3. The second kappa shape index (κ2) is 5.35. The second-order valence-corrected chi connectivity index (χ2v) is 4.09. The monoisotopic (exact) mass is 260 g/mol. The van der Waals surface area contributed by atoms with Crippen LogP contribution in [0.2, 0.25) is 0 Å². The van der Waals surface area contributed by atoms with E-state index in [1.54, 1.807) is 23.1 Å². The summed E-state index contributed by atoms with van der Waals surface area (Å²) in [5.74, 6) is -0.943. The molecule has 0 aromatic carbocycles. The molecule has 1 aromatic rings. The number of carboxylic acids is 1. The van der Waals surface area contributed by atoms with Crippen molar-refractivity contribution in [2.24, 2.45) is 0 Å². The molecule has 1 aliphatic heterocycles. The molecule has 1 unspecified atom stereocenters. The summed E-state index contributed by atoms with van der Waals surface area (Å²) >= 11 is 0. The summed E-state index contributed by atoms with van der Waals surface area (Å²) in [5.41, 5.74) is 0.234. The summed E-state index contributed by atoms with van der Waals surface area (Å²) in [5, 5.41) is 20.3. The molecule has 1 aliphatic rings. The van der Waals surface area contributed by atoms with E-state index in [4.69, 9.17) is 10.4 Å². The first-order valence-corrected chi connectivity index (χ1v) is 5.75. The Hall–Kier alpha value is -2.62. The highest BCUT2D eigenvalue weighted by atomic mass is 16.4. The SMILES string of the molecule is N#Cc1cccc(N2CCNC(=O)C2CC(=O)O)n1. The number of amides is 1. The van der Waals surface area contributed by atoms with E-state index in [1.807, 2.05) is 6.07 Å². The van der Waals surface area contributed by atoms with E-state index in [0.717, 1.165) is 0 Å². The van der Waals surface area contributed by atoms with Crippen LogP contribution in [0.25, 0.3) is 0 Å². The highest BCUT2D eigenvalue weighted by molar-refractivity contribution is 5.90. The number of anilines is 1. The van der Waals surface area contributed by atoms with Gasteiger partial charge in [-0.05, 0) is 12.1 Å². The van der Waals surface area contributed by atoms with Crippen LogP contribution in [-0.2, 0) is 9.59 Å². The van der Waals surface area contributed by atoms with E-state index in [1.165, 1.54) is 0 Å². The lowest BCUT2D eigenvalue weighted by atomic mass is 10.1. The van der Waals surface area contributed by atoms with Gasteiger partial charge in [-0.1, -0.05) is 6.07 Å². The minimum atomic E-state index is -1.05. The molecule has 1 amide bonds. The fraction of sp³-hybridized carbons (Fsp3) is 0.333. The average molecular weight is 260 g/mol. The molecular formula is C12H12N4O3. The van der Waals surface area contributed by atoms with Crippen molar-refractivity contribution >= 4 is 17.7 Å². The van der Waals surface area contributed by atoms with Gasteiger partial charge in [0.2, 0.25) is 5.91 Å². The van der Waals surface area contributed by atoms with Gasteiger partial charge in [-0.15, -0.1) is 0 Å². The zero-order valence-corrected chi connectivity index (χ0v) is 10.0. The van der Waals surface area contributed by atoms with E-state index in [-0.39, 0.29) is 18.0 Å². The lowest BCUT2D eigenvalue weighted by Crippen LogP contribution is -2.56. The number of hydrogen-bond acceptors (Lipinski definition) is 5. The fourth-order valence-electron chi connectivity index (χ4n) is 2.00. The van der Waals surface area contributed by atoms with Crippen LogP contribution >= 0.6 is 0 Å². The maximum Gasteiger partial charge on any atom is 0.305 e. The molecule has 2 rings (SSSR count). The number of aliphatic carboxylic acids is 1. The van der Waals surface area contributed by atoms with E-state index in [2.05, 4.69) is 10.3 Å². The molecule has 19 heavy (non-hydrogen) atoms. The Labute approximate surface area is 109 Å². The normalized spacial score (nSPS) is 18.6. The standard InChI is InChI=1S/C12H12N4O3/c13-7-8-2-1-3-10(15-8)16-5-4-14-12(19)9(16)6-11(17)18/h1-3,9H,4-6H2,(H,14,19)(H,17,18). The van der Waals surface area contributed by atoms with Crippen molar-refractivity contribution in [1.82, 2.24) is 10.3 Å². The summed E-state index contributed by atoms with van der Waals surface area (Å²) < 4.78 is 0. The Morgan fingerprint density at radius 3 is 3.11 bits per heavy atom. The van der Waals surface area contributed by atoms with Crippen molar-refractivity contribution in [2.45, 2.75) is 12.5 Å². The summed E-state index contributed by atoms with van der Waals surface area (Å²) in [6.07, 6.45) is -0.301. The number of hydrogen-bond donors (Lipinski definition) is 2. The zero-order chi connectivity index (χ0) is 13.8. The number of piperazine rings is 1. The molecule has 98 valence electrons. The van der Waals surface area contributed by atoms with Crippen LogP contribution < -0.4 is 10.2 Å². The molecular weight excluding hydrogens is 248 g/mol. The third-order valence-electron chi connectivity index (χ3n) is 2.84. The topological polar surface area (TPSA) is 106 Å². The number of rotatable bonds is 3. The molecule has 2 heterocycles. The molecule has 7 nitrogen and oxygen atoms in total. The molecule has 0 spiro atoms. The average Bonchev–Trinajstić information content (AvgIpc) is 2.40. The fourth-order valence-corrected chi connectivity index (χ4v) is 2.00. The van der Waals surface area contributed by atoms with Crippen molar-refractivity contribution in [3.05, 3.63) is 23.9 Å². The van der Waals surface area contributed by atoms with Crippen LogP contribution in [0, 0.1) is 11.3 Å². The lowest BCUT2D eigenvalue weighted by molar-refractivity contribution is -0.139. The molecule has 1 aromatic heterocycles. The van der Waals surface area contributed by atoms with Crippen LogP contribution in [0.15, 0.2) is 18.2 Å². The van der Waals surface area contributed by atoms with E-state index in [0.29, 0.717) is 18.9 Å². The molecule has 7 heteroatoms. The van der Waals surface area contributed by atoms with Crippen LogP contribution in [0.1, 0.15) is 12.1 Å². The van der Waals surface area contributed by atoms with Crippen molar-refractivity contribution in [3.63, 3.8) is 0 Å². The van der Waals surface area contributed by atoms with Gasteiger partial charge in [-0.25, -0.2) is 4.98 Å². The van der Waals surface area contributed by atoms with Crippen LogP contribution in [0.4, 0.5) is 5.82 Å². The Morgan fingerprint density at radius 1 is 1.63 bits per heavy atom. The lowest BCUT2D eigenvalue weighted by Gasteiger charge is -2.35. The van der Waals surface area contributed by atoms with Crippen LogP contribution in [0.5, 0.6) is 0 Å². The summed E-state index contributed by atoms with van der Waals surface area (Å²) in [4.78, 5) is 28.3. The molecule has 0 saturated carbocycles. The Morgan fingerprint density at radius 2 is 2.42 bits per heavy atom. The molecule has 0 radical (unpaired) electrons. The predicted octanol–water partition coefficient (Wildman–Crippen LogP) is -0.267. The van der Waals surface area contributed by atoms with Gasteiger partial charge in [0.05, 0.1) is 6.42 Å². The van der Waals surface area contributed by atoms with Gasteiger partial charge in [0.1, 0.15) is 23.6 Å². The van der Waals surface area contributed by atoms with Gasteiger partial charge in [0.25, 0.3) is 0 Å². The number of carbonyl (C=O) groups excluding carboxylic acids is 1. The highest BCUT2D eigenvalue weighted by Crippen LogP contribution is 2.18. The number of carboxylic acid groups (broad SMARTS) is 1. The second-order valence-electron chi connectivity index (χ2n) is 4.09. The quantitative estimate of drug-likeness (QED) is 0.775. The Kier molecular flexibility index (Phi) is 3.61. The van der Waals surface area contributed by atoms with Crippen molar-refractivity contribution < 1.29 is 14.7 Å². The van der Waals surface area contributed by atoms with Gasteiger partial charge in [0.15, 0.2) is 0 Å². The number of nitriles is 1. The van der Waals surface area contributed by atoms with Gasteiger partial charge in [-0.3, -0.25) is 9.59 Å². The van der Waals surface area contributed by atoms with Gasteiger partial charge < -0.3 is 15.3 Å². The molecule has 0 bridgehead atoms. The largest absolute Gasteiger partial charge is 0.481 e. The molecule has 1 atom stereocenters. The highest BCUT2D eigenvalue weighted by Gasteiger charge is 2.32.